The standard InChI is InChI=1S/C10H13N5O/c1-2-7-3-9(14-4-8(16)5-14)15-10(13-7)11-6-12-15/h3,6,8,16H,2,4-5H2,1H3. The van der Waals surface area contributed by atoms with Gasteiger partial charge in [0.2, 0.25) is 0 Å². The molecule has 1 aliphatic rings. The molecule has 0 bridgehead atoms. The predicted octanol–water partition coefficient (Wildman–Crippen LogP) is -0.132. The van der Waals surface area contributed by atoms with Gasteiger partial charge in [0.1, 0.15) is 12.1 Å². The largest absolute Gasteiger partial charge is 0.389 e. The maximum Gasteiger partial charge on any atom is 0.254 e. The van der Waals surface area contributed by atoms with E-state index in [0.29, 0.717) is 18.9 Å². The van der Waals surface area contributed by atoms with Crippen LogP contribution in [0.15, 0.2) is 12.4 Å². The van der Waals surface area contributed by atoms with E-state index in [1.54, 1.807) is 4.52 Å². The van der Waals surface area contributed by atoms with Gasteiger partial charge < -0.3 is 10.0 Å². The number of anilines is 1. The zero-order valence-corrected chi connectivity index (χ0v) is 9.04. The summed E-state index contributed by atoms with van der Waals surface area (Å²) in [5.74, 6) is 1.58. The second-order valence-corrected chi connectivity index (χ2v) is 3.99. The van der Waals surface area contributed by atoms with Crippen LogP contribution < -0.4 is 4.90 Å². The molecule has 0 radical (unpaired) electrons. The summed E-state index contributed by atoms with van der Waals surface area (Å²) in [5.41, 5.74) is 0.997. The maximum atomic E-state index is 9.33. The Kier molecular flexibility index (Phi) is 2.03. The first-order valence-electron chi connectivity index (χ1n) is 5.40. The molecule has 0 amide bonds. The molecule has 3 rings (SSSR count). The van der Waals surface area contributed by atoms with Crippen molar-refractivity contribution in [1.29, 1.82) is 0 Å². The molecule has 0 unspecified atom stereocenters. The van der Waals surface area contributed by atoms with Gasteiger partial charge in [-0.2, -0.15) is 14.6 Å². The number of β-amino-alcohol motifs (C(OH)–C–C–N with tert-alkyl or cyclic N) is 1. The smallest absolute Gasteiger partial charge is 0.254 e. The summed E-state index contributed by atoms with van der Waals surface area (Å²) in [6.07, 6.45) is 2.14. The Labute approximate surface area is 92.5 Å². The number of rotatable bonds is 2. The van der Waals surface area contributed by atoms with Crippen molar-refractivity contribution in [3.8, 4) is 0 Å². The van der Waals surface area contributed by atoms with E-state index in [1.807, 2.05) is 6.07 Å². The highest BCUT2D eigenvalue weighted by Crippen LogP contribution is 2.21. The zero-order chi connectivity index (χ0) is 11.1. The third-order valence-corrected chi connectivity index (χ3v) is 2.83. The van der Waals surface area contributed by atoms with Gasteiger partial charge >= 0.3 is 0 Å². The summed E-state index contributed by atoms with van der Waals surface area (Å²) in [6, 6.07) is 2.01. The number of hydrogen-bond donors (Lipinski definition) is 1. The molecular formula is C10H13N5O. The summed E-state index contributed by atoms with van der Waals surface area (Å²) in [7, 11) is 0. The predicted molar refractivity (Wildman–Crippen MR) is 58.4 cm³/mol. The molecule has 1 saturated heterocycles. The third kappa shape index (κ3) is 1.34. The fourth-order valence-corrected chi connectivity index (χ4v) is 1.89. The van der Waals surface area contributed by atoms with E-state index in [0.717, 1.165) is 17.9 Å². The minimum Gasteiger partial charge on any atom is -0.389 e. The van der Waals surface area contributed by atoms with E-state index >= 15 is 0 Å². The van der Waals surface area contributed by atoms with Crippen molar-refractivity contribution in [2.45, 2.75) is 19.4 Å². The van der Waals surface area contributed by atoms with Crippen LogP contribution in [-0.2, 0) is 6.42 Å². The van der Waals surface area contributed by atoms with Gasteiger partial charge in [0, 0.05) is 24.8 Å². The first-order valence-corrected chi connectivity index (χ1v) is 5.40. The Hall–Kier alpha value is -1.69. The van der Waals surface area contributed by atoms with Crippen molar-refractivity contribution >= 4 is 11.6 Å². The molecule has 6 heteroatoms. The van der Waals surface area contributed by atoms with Crippen LogP contribution in [-0.4, -0.2) is 43.9 Å². The van der Waals surface area contributed by atoms with Crippen LogP contribution in [0.5, 0.6) is 0 Å². The Bertz CT molecular complexity index is 517. The molecule has 3 heterocycles. The van der Waals surface area contributed by atoms with Gasteiger partial charge in [-0.05, 0) is 6.42 Å². The first-order chi connectivity index (χ1) is 7.78. The van der Waals surface area contributed by atoms with Crippen molar-refractivity contribution in [2.24, 2.45) is 0 Å². The second kappa shape index (κ2) is 3.41. The van der Waals surface area contributed by atoms with Gasteiger partial charge in [-0.1, -0.05) is 6.92 Å². The summed E-state index contributed by atoms with van der Waals surface area (Å²) in [6.45, 7) is 3.37. The van der Waals surface area contributed by atoms with E-state index in [2.05, 4.69) is 26.9 Å². The number of aliphatic hydroxyl groups excluding tert-OH is 1. The highest BCUT2D eigenvalue weighted by molar-refractivity contribution is 5.49. The van der Waals surface area contributed by atoms with Crippen LogP contribution >= 0.6 is 0 Å². The molecule has 0 atom stereocenters. The molecule has 1 aliphatic heterocycles. The fraction of sp³-hybridized carbons (Fsp3) is 0.500. The first kappa shape index (κ1) is 9.53. The number of nitrogens with zero attached hydrogens (tertiary/aromatic N) is 5. The second-order valence-electron chi connectivity index (χ2n) is 3.99. The molecule has 0 aromatic carbocycles. The Morgan fingerprint density at radius 3 is 3.00 bits per heavy atom. The van der Waals surface area contributed by atoms with E-state index in [1.165, 1.54) is 6.33 Å². The fourth-order valence-electron chi connectivity index (χ4n) is 1.89. The lowest BCUT2D eigenvalue weighted by Crippen LogP contribution is -2.51. The number of aryl methyl sites for hydroxylation is 1. The van der Waals surface area contributed by atoms with Crippen LogP contribution in [0.4, 0.5) is 5.82 Å². The molecule has 16 heavy (non-hydrogen) atoms. The molecule has 2 aromatic rings. The molecule has 6 nitrogen and oxygen atoms in total. The van der Waals surface area contributed by atoms with Gasteiger partial charge in [-0.25, -0.2) is 4.98 Å². The topological polar surface area (TPSA) is 66.5 Å². The lowest BCUT2D eigenvalue weighted by atomic mass is 10.1. The molecule has 1 fully saturated rings. The van der Waals surface area contributed by atoms with E-state index in [9.17, 15) is 5.11 Å². The summed E-state index contributed by atoms with van der Waals surface area (Å²) in [4.78, 5) is 10.6. The molecule has 84 valence electrons. The van der Waals surface area contributed by atoms with Crippen LogP contribution in [0, 0.1) is 0 Å². The van der Waals surface area contributed by atoms with Gasteiger partial charge in [-0.15, -0.1) is 0 Å². The minimum atomic E-state index is -0.225. The average molecular weight is 219 g/mol. The zero-order valence-electron chi connectivity index (χ0n) is 9.04. The van der Waals surface area contributed by atoms with E-state index in [-0.39, 0.29) is 6.10 Å². The maximum absolute atomic E-state index is 9.33. The summed E-state index contributed by atoms with van der Waals surface area (Å²) >= 11 is 0. The highest BCUT2D eigenvalue weighted by Gasteiger charge is 2.27. The molecule has 0 spiro atoms. The van der Waals surface area contributed by atoms with Crippen LogP contribution in [0.2, 0.25) is 0 Å². The molecule has 1 N–H and O–H groups in total. The lowest BCUT2D eigenvalue weighted by molar-refractivity contribution is 0.141. The highest BCUT2D eigenvalue weighted by atomic mass is 16.3. The minimum absolute atomic E-state index is 0.225. The van der Waals surface area contributed by atoms with Crippen LogP contribution in [0.3, 0.4) is 0 Å². The van der Waals surface area contributed by atoms with Crippen molar-refractivity contribution < 1.29 is 5.11 Å². The number of aromatic nitrogens is 4. The van der Waals surface area contributed by atoms with Crippen LogP contribution in [0.1, 0.15) is 12.6 Å². The summed E-state index contributed by atoms with van der Waals surface area (Å²) in [5, 5.41) is 13.5. The van der Waals surface area contributed by atoms with Crippen molar-refractivity contribution in [3.63, 3.8) is 0 Å². The van der Waals surface area contributed by atoms with E-state index in [4.69, 9.17) is 0 Å². The molecule has 2 aromatic heterocycles. The van der Waals surface area contributed by atoms with Gasteiger partial charge in [0.15, 0.2) is 0 Å². The Balaban J connectivity index is 2.10. The third-order valence-electron chi connectivity index (χ3n) is 2.83. The van der Waals surface area contributed by atoms with Gasteiger partial charge in [0.05, 0.1) is 6.10 Å². The number of hydrogen-bond acceptors (Lipinski definition) is 5. The molecule has 0 saturated carbocycles. The quantitative estimate of drug-likeness (QED) is 0.762. The monoisotopic (exact) mass is 219 g/mol. The average Bonchev–Trinajstić information content (AvgIpc) is 2.71. The lowest BCUT2D eigenvalue weighted by Gasteiger charge is -2.37. The van der Waals surface area contributed by atoms with Crippen LogP contribution in [0.25, 0.3) is 5.78 Å². The molecular weight excluding hydrogens is 206 g/mol. The number of aliphatic hydroxyl groups is 1. The van der Waals surface area contributed by atoms with Gasteiger partial charge in [0.25, 0.3) is 5.78 Å². The normalized spacial score (nSPS) is 16.8. The van der Waals surface area contributed by atoms with E-state index < -0.39 is 0 Å². The van der Waals surface area contributed by atoms with Crippen molar-refractivity contribution in [2.75, 3.05) is 18.0 Å². The SMILES string of the molecule is CCc1cc(N2CC(O)C2)n2ncnc2n1. The number of fused-ring (bicyclic) bond motifs is 1. The van der Waals surface area contributed by atoms with Gasteiger partial charge in [-0.3, -0.25) is 0 Å². The Morgan fingerprint density at radius 1 is 1.50 bits per heavy atom. The van der Waals surface area contributed by atoms with Crippen molar-refractivity contribution in [1.82, 2.24) is 19.6 Å². The Morgan fingerprint density at radius 2 is 2.31 bits per heavy atom. The van der Waals surface area contributed by atoms with Crippen molar-refractivity contribution in [3.05, 3.63) is 18.1 Å². The molecule has 0 aliphatic carbocycles. The summed E-state index contributed by atoms with van der Waals surface area (Å²) < 4.78 is 1.71.